The zero-order chi connectivity index (χ0) is 13.1. The number of hydrogen-bond donors (Lipinski definition) is 3. The number of hydrogen-bond acceptors (Lipinski definition) is 7. The Bertz CT molecular complexity index is 699. The highest BCUT2D eigenvalue weighted by molar-refractivity contribution is 7.14. The van der Waals surface area contributed by atoms with Crippen molar-refractivity contribution in [2.24, 2.45) is 4.99 Å². The minimum absolute atomic E-state index is 0.136. The average Bonchev–Trinajstić information content (AvgIpc) is 2.75. The van der Waals surface area contributed by atoms with Crippen molar-refractivity contribution < 1.29 is 5.11 Å². The second-order valence-corrected chi connectivity index (χ2v) is 4.30. The predicted octanol–water partition coefficient (Wildman–Crippen LogP) is -0.0667. The first-order chi connectivity index (χ1) is 8.60. The van der Waals surface area contributed by atoms with E-state index in [-0.39, 0.29) is 5.56 Å². The van der Waals surface area contributed by atoms with Crippen molar-refractivity contribution in [2.75, 3.05) is 0 Å². The van der Waals surface area contributed by atoms with Crippen molar-refractivity contribution in [2.45, 2.75) is 13.3 Å². The Morgan fingerprint density at radius 1 is 1.39 bits per heavy atom. The first-order valence-corrected chi connectivity index (χ1v) is 5.83. The number of nitrogens with one attached hydrogen (secondary N) is 2. The van der Waals surface area contributed by atoms with Crippen LogP contribution in [0.4, 0.5) is 5.13 Å². The van der Waals surface area contributed by atoms with Gasteiger partial charge in [-0.05, 0) is 6.42 Å². The lowest BCUT2D eigenvalue weighted by atomic mass is 10.3. The summed E-state index contributed by atoms with van der Waals surface area (Å²) < 4.78 is 0. The minimum Gasteiger partial charge on any atom is -0.494 e. The molecule has 0 radical (unpaired) electrons. The van der Waals surface area contributed by atoms with Crippen molar-refractivity contribution in [1.29, 1.82) is 0 Å². The molecule has 0 aliphatic carbocycles. The molecule has 0 atom stereocenters. The molecule has 94 valence electrons. The first kappa shape index (κ1) is 12.2. The quantitative estimate of drug-likeness (QED) is 0.671. The Kier molecular flexibility index (Phi) is 3.33. The second kappa shape index (κ2) is 4.92. The smallest absolute Gasteiger partial charge is 0.328 e. The van der Waals surface area contributed by atoms with E-state index in [9.17, 15) is 14.7 Å². The second-order valence-electron chi connectivity index (χ2n) is 3.26. The van der Waals surface area contributed by atoms with E-state index in [4.69, 9.17) is 0 Å². The maximum atomic E-state index is 11.4. The Labute approximate surface area is 104 Å². The molecule has 9 heteroatoms. The molecule has 2 aromatic rings. The van der Waals surface area contributed by atoms with Crippen molar-refractivity contribution >= 4 is 22.7 Å². The molecule has 2 rings (SSSR count). The highest BCUT2D eigenvalue weighted by atomic mass is 32.1. The van der Waals surface area contributed by atoms with Gasteiger partial charge in [0, 0.05) is 6.21 Å². The van der Waals surface area contributed by atoms with Gasteiger partial charge in [-0.3, -0.25) is 14.8 Å². The summed E-state index contributed by atoms with van der Waals surface area (Å²) in [5, 5.41) is 18.2. The lowest BCUT2D eigenvalue weighted by molar-refractivity contribution is 0.447. The van der Waals surface area contributed by atoms with Gasteiger partial charge >= 0.3 is 5.69 Å². The molecule has 0 amide bonds. The molecule has 2 heterocycles. The van der Waals surface area contributed by atoms with Crippen LogP contribution in [-0.4, -0.2) is 31.5 Å². The normalized spacial score (nSPS) is 11.2. The van der Waals surface area contributed by atoms with Crippen LogP contribution in [0.1, 0.15) is 17.5 Å². The average molecular weight is 267 g/mol. The fourth-order valence-corrected chi connectivity index (χ4v) is 1.79. The standard InChI is InChI=1S/C9H9N5O3S/c1-2-5-13-14-9(18-5)10-3-4-6(15)11-8(17)12-7(4)16/h3H,2H2,1H3,(H3,11,12,15,16,17). The lowest BCUT2D eigenvalue weighted by Gasteiger charge is -1.94. The van der Waals surface area contributed by atoms with Gasteiger partial charge in [0.1, 0.15) is 10.6 Å². The fraction of sp³-hybridized carbons (Fsp3) is 0.222. The number of rotatable bonds is 3. The summed E-state index contributed by atoms with van der Waals surface area (Å²) in [6.45, 7) is 1.94. The summed E-state index contributed by atoms with van der Waals surface area (Å²) >= 11 is 1.28. The van der Waals surface area contributed by atoms with Crippen LogP contribution in [0.15, 0.2) is 14.6 Å². The van der Waals surface area contributed by atoms with E-state index in [2.05, 4.69) is 20.2 Å². The molecule has 0 saturated carbocycles. The van der Waals surface area contributed by atoms with E-state index in [1.165, 1.54) is 11.3 Å². The molecule has 3 N–H and O–H groups in total. The minimum atomic E-state index is -0.779. The van der Waals surface area contributed by atoms with Gasteiger partial charge in [-0.2, -0.15) is 0 Å². The molecule has 0 fully saturated rings. The van der Waals surface area contributed by atoms with E-state index in [1.807, 2.05) is 11.9 Å². The third kappa shape index (κ3) is 2.51. The monoisotopic (exact) mass is 267 g/mol. The van der Waals surface area contributed by atoms with Crippen molar-refractivity contribution in [1.82, 2.24) is 20.2 Å². The van der Waals surface area contributed by atoms with E-state index >= 15 is 0 Å². The summed E-state index contributed by atoms with van der Waals surface area (Å²) in [6, 6.07) is 0. The van der Waals surface area contributed by atoms with Crippen LogP contribution in [0.5, 0.6) is 5.88 Å². The lowest BCUT2D eigenvalue weighted by Crippen LogP contribution is -2.24. The van der Waals surface area contributed by atoms with Crippen LogP contribution in [0.25, 0.3) is 0 Å². The zero-order valence-corrected chi connectivity index (χ0v) is 10.1. The summed E-state index contributed by atoms with van der Waals surface area (Å²) in [4.78, 5) is 30.2. The number of aromatic nitrogens is 4. The van der Waals surface area contributed by atoms with Gasteiger partial charge in [0.25, 0.3) is 5.56 Å². The van der Waals surface area contributed by atoms with Crippen molar-refractivity contribution in [3.8, 4) is 5.88 Å². The third-order valence-electron chi connectivity index (χ3n) is 2.02. The zero-order valence-electron chi connectivity index (χ0n) is 9.30. The molecule has 0 aromatic carbocycles. The van der Waals surface area contributed by atoms with Crippen LogP contribution >= 0.6 is 11.3 Å². The van der Waals surface area contributed by atoms with Crippen LogP contribution < -0.4 is 11.2 Å². The number of nitrogens with zero attached hydrogens (tertiary/aromatic N) is 3. The number of aryl methyl sites for hydroxylation is 1. The van der Waals surface area contributed by atoms with Gasteiger partial charge in [-0.15, -0.1) is 10.2 Å². The maximum absolute atomic E-state index is 11.4. The van der Waals surface area contributed by atoms with Crippen molar-refractivity contribution in [3.63, 3.8) is 0 Å². The van der Waals surface area contributed by atoms with Gasteiger partial charge in [0.15, 0.2) is 0 Å². The summed E-state index contributed by atoms with van der Waals surface area (Å²) in [5.41, 5.74) is -1.64. The van der Waals surface area contributed by atoms with Crippen LogP contribution in [0.3, 0.4) is 0 Å². The largest absolute Gasteiger partial charge is 0.494 e. The number of H-pyrrole nitrogens is 2. The van der Waals surface area contributed by atoms with Gasteiger partial charge in [-0.1, -0.05) is 18.3 Å². The Hall–Kier alpha value is -2.29. The van der Waals surface area contributed by atoms with E-state index in [0.717, 1.165) is 17.6 Å². The molecule has 0 aliphatic heterocycles. The third-order valence-corrected chi connectivity index (χ3v) is 3.00. The predicted molar refractivity (Wildman–Crippen MR) is 65.9 cm³/mol. The first-order valence-electron chi connectivity index (χ1n) is 5.02. The van der Waals surface area contributed by atoms with E-state index in [0.29, 0.717) is 5.13 Å². The summed E-state index contributed by atoms with van der Waals surface area (Å²) in [5.74, 6) is -0.535. The molecule has 0 unspecified atom stereocenters. The molecule has 18 heavy (non-hydrogen) atoms. The SMILES string of the molecule is CCc1nnc(N=Cc2c(O)[nH]c(=O)[nH]c2=O)s1. The van der Waals surface area contributed by atoms with E-state index in [1.54, 1.807) is 0 Å². The molecule has 0 aliphatic rings. The highest BCUT2D eigenvalue weighted by Gasteiger charge is 2.06. The van der Waals surface area contributed by atoms with Crippen LogP contribution in [0, 0.1) is 0 Å². The van der Waals surface area contributed by atoms with Gasteiger partial charge in [-0.25, -0.2) is 9.79 Å². The van der Waals surface area contributed by atoms with Crippen LogP contribution in [0.2, 0.25) is 0 Å². The van der Waals surface area contributed by atoms with Crippen molar-refractivity contribution in [3.05, 3.63) is 31.4 Å². The molecule has 0 spiro atoms. The Balaban J connectivity index is 2.34. The molecule has 2 aromatic heterocycles. The number of aromatic hydroxyl groups is 1. The van der Waals surface area contributed by atoms with Crippen LogP contribution in [-0.2, 0) is 6.42 Å². The van der Waals surface area contributed by atoms with Gasteiger partial charge in [0.2, 0.25) is 11.0 Å². The topological polar surface area (TPSA) is 124 Å². The molecule has 0 saturated heterocycles. The number of aliphatic imine (C=N–C) groups is 1. The highest BCUT2D eigenvalue weighted by Crippen LogP contribution is 2.18. The number of aromatic amines is 2. The molecular weight excluding hydrogens is 258 g/mol. The molecule has 8 nitrogen and oxygen atoms in total. The summed E-state index contributed by atoms with van der Waals surface area (Å²) in [7, 11) is 0. The maximum Gasteiger partial charge on any atom is 0.328 e. The fourth-order valence-electron chi connectivity index (χ4n) is 1.16. The van der Waals surface area contributed by atoms with E-state index < -0.39 is 17.1 Å². The molecule has 0 bridgehead atoms. The van der Waals surface area contributed by atoms with Gasteiger partial charge in [0.05, 0.1) is 0 Å². The Morgan fingerprint density at radius 2 is 2.17 bits per heavy atom. The molecular formula is C9H9N5O3S. The Morgan fingerprint density at radius 3 is 2.78 bits per heavy atom. The summed E-state index contributed by atoms with van der Waals surface area (Å²) in [6.07, 6.45) is 1.88. The van der Waals surface area contributed by atoms with Gasteiger partial charge < -0.3 is 5.11 Å².